The number of allylic oxidation sites excluding steroid dienone is 2. The molecule has 0 aromatic rings. The van der Waals surface area contributed by atoms with E-state index in [1.54, 1.807) is 14.1 Å². The molecule has 0 aromatic heterocycles. The molecule has 14 nitrogen and oxygen atoms in total. The minimum Gasteiger partial charge on any atom is -0.510 e. The van der Waals surface area contributed by atoms with Crippen LogP contribution >= 0.6 is 0 Å². The van der Waals surface area contributed by atoms with Gasteiger partial charge in [-0.3, -0.25) is 19.2 Å². The molecule has 0 radical (unpaired) electrons. The largest absolute Gasteiger partial charge is 0.510 e. The molecule has 1 rings (SSSR count). The summed E-state index contributed by atoms with van der Waals surface area (Å²) < 4.78 is 5.69. The number of aliphatic hydroxyl groups is 1. The molecule has 0 bridgehead atoms. The summed E-state index contributed by atoms with van der Waals surface area (Å²) in [5, 5.41) is 20.6. The number of hydrogen-bond acceptors (Lipinski definition) is 10. The van der Waals surface area contributed by atoms with Crippen LogP contribution in [0, 0.1) is 11.8 Å². The number of aliphatic hydroxyl groups excluding tert-OH is 1. The van der Waals surface area contributed by atoms with E-state index in [4.69, 9.17) is 10.5 Å². The predicted molar refractivity (Wildman–Crippen MR) is 191 cm³/mol. The average molecular weight is 707 g/mol. The van der Waals surface area contributed by atoms with E-state index in [1.165, 1.54) is 11.8 Å². The van der Waals surface area contributed by atoms with E-state index in [9.17, 15) is 33.9 Å². The molecular weight excluding hydrogens is 644 g/mol. The summed E-state index contributed by atoms with van der Waals surface area (Å²) >= 11 is 0. The number of amides is 4. The van der Waals surface area contributed by atoms with Gasteiger partial charge in [-0.1, -0.05) is 59.8 Å². The Morgan fingerprint density at radius 1 is 1.00 bits per heavy atom. The van der Waals surface area contributed by atoms with Crippen LogP contribution in [0.2, 0.25) is 0 Å². The fraction of sp³-hybridized carbons (Fsp3) is 0.722. The molecule has 1 aliphatic carbocycles. The Morgan fingerprint density at radius 2 is 1.62 bits per heavy atom. The Bertz CT molecular complexity index is 1210. The van der Waals surface area contributed by atoms with Crippen LogP contribution in [-0.4, -0.2) is 91.2 Å². The van der Waals surface area contributed by atoms with Crippen LogP contribution in [0.25, 0.3) is 0 Å². The van der Waals surface area contributed by atoms with E-state index in [0.717, 1.165) is 51.2 Å². The van der Waals surface area contributed by atoms with Crippen LogP contribution in [0.5, 0.6) is 0 Å². The second-order valence-corrected chi connectivity index (χ2v) is 13.4. The fourth-order valence-corrected chi connectivity index (χ4v) is 5.95. The highest BCUT2D eigenvalue weighted by Crippen LogP contribution is 2.27. The van der Waals surface area contributed by atoms with Gasteiger partial charge in [-0.2, -0.15) is 0 Å². The monoisotopic (exact) mass is 706 g/mol. The lowest BCUT2D eigenvalue weighted by molar-refractivity contribution is -0.140. The zero-order valence-electron chi connectivity index (χ0n) is 31.2. The first-order valence-corrected chi connectivity index (χ1v) is 18.1. The molecule has 3 atom stereocenters. The third kappa shape index (κ3) is 14.6. The zero-order chi connectivity index (χ0) is 37.8. The van der Waals surface area contributed by atoms with Crippen molar-refractivity contribution in [1.29, 1.82) is 0 Å². The Balaban J connectivity index is 3.08. The number of rotatable bonds is 22. The summed E-state index contributed by atoms with van der Waals surface area (Å²) in [7, 11) is 3.24. The molecule has 7 N–H and O–H groups in total. The topological polar surface area (TPSA) is 209 Å². The number of nitrogens with zero attached hydrogens (tertiary/aromatic N) is 1. The lowest BCUT2D eigenvalue weighted by atomic mass is 9.83. The van der Waals surface area contributed by atoms with Gasteiger partial charge >= 0.3 is 5.97 Å². The number of ether oxygens (including phenoxy) is 1. The minimum atomic E-state index is -1.20. The molecule has 1 aliphatic rings. The summed E-state index contributed by atoms with van der Waals surface area (Å²) in [6, 6.07) is -2.35. The van der Waals surface area contributed by atoms with Crippen LogP contribution in [0.3, 0.4) is 0 Å². The van der Waals surface area contributed by atoms with Crippen molar-refractivity contribution in [1.82, 2.24) is 26.2 Å². The first kappa shape index (κ1) is 44.2. The molecule has 284 valence electrons. The highest BCUT2D eigenvalue weighted by molar-refractivity contribution is 6.01. The fourth-order valence-electron chi connectivity index (χ4n) is 5.95. The van der Waals surface area contributed by atoms with E-state index >= 15 is 0 Å². The standard InChI is InChI=1S/C36H62N6O8/c1-8-10-17-27(36(49)42(7)26(22-43)19-23(3)4)29(18-11-9-2)50-30(45)21-39-34(47)31(24(5)44)41-33(46)28(20-37)40-35(48)32(38-6)25-15-13-12-14-16-25/h22-23,25-26,28,32,38,44H,8-21,37H2,1-7H3,(H,39,47)(H,40,48)(H,41,46)/b29-27-,31-24-. The van der Waals surface area contributed by atoms with Gasteiger partial charge in [0.05, 0.1) is 17.7 Å². The van der Waals surface area contributed by atoms with Gasteiger partial charge < -0.3 is 46.5 Å². The molecular formula is C36H62N6O8. The molecule has 0 saturated heterocycles. The highest BCUT2D eigenvalue weighted by Gasteiger charge is 2.32. The molecule has 0 heterocycles. The van der Waals surface area contributed by atoms with Gasteiger partial charge in [0.25, 0.3) is 11.8 Å². The summed E-state index contributed by atoms with van der Waals surface area (Å²) in [6.07, 6.45) is 9.62. The summed E-state index contributed by atoms with van der Waals surface area (Å²) in [4.78, 5) is 79.2. The quantitative estimate of drug-likeness (QED) is 0.0420. The van der Waals surface area contributed by atoms with Gasteiger partial charge in [-0.25, -0.2) is 4.79 Å². The van der Waals surface area contributed by atoms with Gasteiger partial charge in [-0.15, -0.1) is 0 Å². The lowest BCUT2D eigenvalue weighted by Crippen LogP contribution is -2.57. The van der Waals surface area contributed by atoms with E-state index in [-0.39, 0.29) is 30.0 Å². The summed E-state index contributed by atoms with van der Waals surface area (Å²) in [5.41, 5.74) is 5.58. The number of likely N-dealkylation sites (N-methyl/N-ethyl adjacent to an activating group) is 2. The van der Waals surface area contributed by atoms with Crippen LogP contribution in [0.1, 0.15) is 112 Å². The van der Waals surface area contributed by atoms with Crippen LogP contribution in [0.15, 0.2) is 22.8 Å². The van der Waals surface area contributed by atoms with Crippen molar-refractivity contribution in [3.8, 4) is 0 Å². The second-order valence-electron chi connectivity index (χ2n) is 13.4. The molecule has 14 heteroatoms. The van der Waals surface area contributed by atoms with Crippen LogP contribution in [0.4, 0.5) is 0 Å². The lowest BCUT2D eigenvalue weighted by Gasteiger charge is -2.30. The third-order valence-electron chi connectivity index (χ3n) is 8.87. The SMILES string of the molecule is CCCC/C(OC(=O)CNC(=O)/C(NC(=O)C(CN)NC(=O)C(NC)C1CCCCC1)=C(\C)O)=C(\CCCC)C(=O)N(C)C(C=O)CC(C)C. The average Bonchev–Trinajstić information content (AvgIpc) is 3.09. The Labute approximate surface area is 297 Å². The van der Waals surface area contributed by atoms with Crippen molar-refractivity contribution < 1.29 is 38.6 Å². The Kier molecular flexibility index (Phi) is 20.9. The van der Waals surface area contributed by atoms with Crippen LogP contribution < -0.4 is 27.0 Å². The third-order valence-corrected chi connectivity index (χ3v) is 8.87. The van der Waals surface area contributed by atoms with Crippen molar-refractivity contribution in [2.75, 3.05) is 27.2 Å². The number of aldehydes is 1. The molecule has 0 aliphatic heterocycles. The van der Waals surface area contributed by atoms with E-state index in [1.807, 2.05) is 27.7 Å². The van der Waals surface area contributed by atoms with Crippen molar-refractivity contribution in [3.63, 3.8) is 0 Å². The van der Waals surface area contributed by atoms with Gasteiger partial charge in [0.2, 0.25) is 11.8 Å². The van der Waals surface area contributed by atoms with Crippen molar-refractivity contribution in [2.45, 2.75) is 130 Å². The van der Waals surface area contributed by atoms with Gasteiger partial charge in [0.1, 0.15) is 36.1 Å². The predicted octanol–water partition coefficient (Wildman–Crippen LogP) is 2.87. The highest BCUT2D eigenvalue weighted by atomic mass is 16.5. The number of carbonyl (C=O) groups is 6. The molecule has 50 heavy (non-hydrogen) atoms. The van der Waals surface area contributed by atoms with Crippen molar-refractivity contribution in [2.24, 2.45) is 17.6 Å². The first-order valence-electron chi connectivity index (χ1n) is 18.1. The number of unbranched alkanes of at least 4 members (excludes halogenated alkanes) is 2. The second kappa shape index (κ2) is 23.6. The maximum atomic E-state index is 13.7. The van der Waals surface area contributed by atoms with E-state index < -0.39 is 59.8 Å². The molecule has 0 spiro atoms. The summed E-state index contributed by atoms with van der Waals surface area (Å²) in [6.45, 7) is 8.13. The number of esters is 1. The first-order chi connectivity index (χ1) is 23.7. The number of hydrogen-bond donors (Lipinski definition) is 6. The van der Waals surface area contributed by atoms with Gasteiger partial charge in [-0.05, 0) is 64.3 Å². The number of nitrogens with two attached hydrogens (primary N) is 1. The number of carbonyl (C=O) groups excluding carboxylic acids is 6. The Hall–Kier alpha value is -3.78. The minimum absolute atomic E-state index is 0.119. The molecule has 1 saturated carbocycles. The van der Waals surface area contributed by atoms with E-state index in [0.29, 0.717) is 37.7 Å². The molecule has 1 fully saturated rings. The Morgan fingerprint density at radius 3 is 2.14 bits per heavy atom. The van der Waals surface area contributed by atoms with Gasteiger partial charge in [0.15, 0.2) is 0 Å². The number of nitrogens with one attached hydrogen (secondary N) is 4. The normalized spacial score (nSPS) is 16.3. The van der Waals surface area contributed by atoms with Crippen LogP contribution in [-0.2, 0) is 33.5 Å². The molecule has 0 aromatic carbocycles. The van der Waals surface area contributed by atoms with Crippen molar-refractivity contribution >= 4 is 35.9 Å². The maximum absolute atomic E-state index is 13.7. The maximum Gasteiger partial charge on any atom is 0.330 e. The van der Waals surface area contributed by atoms with E-state index in [2.05, 4.69) is 21.3 Å². The zero-order valence-corrected chi connectivity index (χ0v) is 31.2. The van der Waals surface area contributed by atoms with Gasteiger partial charge in [0, 0.05) is 20.0 Å². The summed E-state index contributed by atoms with van der Waals surface area (Å²) in [5.74, 6) is -3.51. The molecule has 4 amide bonds. The smallest absolute Gasteiger partial charge is 0.330 e. The molecule has 3 unspecified atom stereocenters. The van der Waals surface area contributed by atoms with Crippen molar-refractivity contribution in [3.05, 3.63) is 22.8 Å².